The molecular weight excluding hydrogens is 404 g/mol. The number of hydrogen-bond donors (Lipinski definition) is 1. The highest BCUT2D eigenvalue weighted by atomic mass is 35.5. The van der Waals surface area contributed by atoms with E-state index in [9.17, 15) is 9.59 Å². The maximum Gasteiger partial charge on any atom is 0.278 e. The van der Waals surface area contributed by atoms with E-state index in [0.717, 1.165) is 5.56 Å². The van der Waals surface area contributed by atoms with E-state index in [1.165, 1.54) is 12.0 Å². The summed E-state index contributed by atoms with van der Waals surface area (Å²) in [4.78, 5) is 27.6. The van der Waals surface area contributed by atoms with Gasteiger partial charge in [-0.3, -0.25) is 14.5 Å². The number of methoxy groups -OCH3 is 1. The van der Waals surface area contributed by atoms with Crippen LogP contribution >= 0.6 is 11.6 Å². The van der Waals surface area contributed by atoms with Gasteiger partial charge in [-0.1, -0.05) is 41.4 Å². The summed E-state index contributed by atoms with van der Waals surface area (Å²) in [5, 5.41) is 3.59. The van der Waals surface area contributed by atoms with Crippen LogP contribution in [-0.4, -0.2) is 43.6 Å². The van der Waals surface area contributed by atoms with E-state index < -0.39 is 0 Å². The molecule has 0 atom stereocenters. The summed E-state index contributed by atoms with van der Waals surface area (Å²) in [6.07, 6.45) is 0.570. The maximum absolute atomic E-state index is 13.2. The van der Waals surface area contributed by atoms with E-state index >= 15 is 0 Å². The summed E-state index contributed by atoms with van der Waals surface area (Å²) in [7, 11) is 1.53. The molecule has 0 aliphatic carbocycles. The van der Waals surface area contributed by atoms with Crippen LogP contribution in [0, 0.1) is 6.92 Å². The van der Waals surface area contributed by atoms with Gasteiger partial charge in [0.2, 0.25) is 0 Å². The van der Waals surface area contributed by atoms with Crippen molar-refractivity contribution in [3.05, 3.63) is 64.3 Å². The molecule has 0 fully saturated rings. The molecule has 3 rings (SSSR count). The molecule has 0 unspecified atom stereocenters. The Balaban J connectivity index is 1.99. The fourth-order valence-corrected chi connectivity index (χ4v) is 3.44. The van der Waals surface area contributed by atoms with Gasteiger partial charge in [-0.05, 0) is 44.0 Å². The minimum Gasteiger partial charge on any atom is -0.495 e. The number of halogens is 1. The number of amides is 2. The number of nitrogens with zero attached hydrogens (tertiary/aromatic N) is 1. The normalized spacial score (nSPS) is 13.9. The molecule has 6 nitrogen and oxygen atoms in total. The van der Waals surface area contributed by atoms with Crippen molar-refractivity contribution in [2.75, 3.05) is 32.2 Å². The van der Waals surface area contributed by atoms with Crippen LogP contribution in [0.5, 0.6) is 5.75 Å². The average molecular weight is 429 g/mol. The van der Waals surface area contributed by atoms with Crippen molar-refractivity contribution in [1.82, 2.24) is 4.90 Å². The zero-order valence-electron chi connectivity index (χ0n) is 17.3. The predicted octanol–water partition coefficient (Wildman–Crippen LogP) is 4.28. The molecule has 0 radical (unpaired) electrons. The molecule has 158 valence electrons. The van der Waals surface area contributed by atoms with E-state index in [2.05, 4.69) is 5.32 Å². The van der Waals surface area contributed by atoms with Gasteiger partial charge in [0.15, 0.2) is 0 Å². The second-order valence-corrected chi connectivity index (χ2v) is 7.33. The largest absolute Gasteiger partial charge is 0.495 e. The number of anilines is 1. The second-order valence-electron chi connectivity index (χ2n) is 6.90. The van der Waals surface area contributed by atoms with Crippen LogP contribution in [0.25, 0.3) is 5.57 Å². The van der Waals surface area contributed by atoms with Gasteiger partial charge in [-0.25, -0.2) is 0 Å². The quantitative estimate of drug-likeness (QED) is 0.477. The highest BCUT2D eigenvalue weighted by molar-refractivity contribution is 6.36. The van der Waals surface area contributed by atoms with Crippen LogP contribution in [0.15, 0.2) is 48.2 Å². The Morgan fingerprint density at radius 1 is 1.07 bits per heavy atom. The van der Waals surface area contributed by atoms with Crippen LogP contribution in [0.4, 0.5) is 5.69 Å². The van der Waals surface area contributed by atoms with Crippen LogP contribution < -0.4 is 10.1 Å². The minimum atomic E-state index is -0.380. The third-order valence-electron chi connectivity index (χ3n) is 4.80. The fourth-order valence-electron chi connectivity index (χ4n) is 3.26. The molecule has 1 heterocycles. The number of carbonyl (C=O) groups excluding carboxylic acids is 2. The molecule has 2 aromatic rings. The Morgan fingerprint density at radius 2 is 1.80 bits per heavy atom. The molecule has 7 heteroatoms. The number of benzene rings is 2. The number of nitrogens with one attached hydrogen (secondary N) is 1. The molecule has 0 saturated carbocycles. The van der Waals surface area contributed by atoms with Gasteiger partial charge in [0.1, 0.15) is 11.4 Å². The molecule has 0 spiro atoms. The molecule has 0 bridgehead atoms. The van der Waals surface area contributed by atoms with Gasteiger partial charge in [-0.15, -0.1) is 0 Å². The van der Waals surface area contributed by atoms with Crippen LogP contribution in [0.3, 0.4) is 0 Å². The first-order chi connectivity index (χ1) is 14.5. The molecule has 2 amide bonds. The zero-order valence-corrected chi connectivity index (χ0v) is 18.1. The third kappa shape index (κ3) is 4.66. The molecule has 0 aromatic heterocycles. The zero-order chi connectivity index (χ0) is 21.7. The van der Waals surface area contributed by atoms with Crippen molar-refractivity contribution >= 4 is 34.7 Å². The van der Waals surface area contributed by atoms with Crippen molar-refractivity contribution in [1.29, 1.82) is 0 Å². The lowest BCUT2D eigenvalue weighted by Crippen LogP contribution is -2.34. The number of hydrogen-bond acceptors (Lipinski definition) is 5. The van der Waals surface area contributed by atoms with Crippen molar-refractivity contribution < 1.29 is 19.1 Å². The Morgan fingerprint density at radius 3 is 2.47 bits per heavy atom. The Hall–Kier alpha value is -2.83. The first kappa shape index (κ1) is 21.9. The summed E-state index contributed by atoms with van der Waals surface area (Å²) in [6, 6.07) is 12.6. The van der Waals surface area contributed by atoms with Gasteiger partial charge in [-0.2, -0.15) is 0 Å². The summed E-state index contributed by atoms with van der Waals surface area (Å²) in [5.41, 5.74) is 2.80. The smallest absolute Gasteiger partial charge is 0.278 e. The van der Waals surface area contributed by atoms with E-state index in [1.807, 2.05) is 38.1 Å². The van der Waals surface area contributed by atoms with E-state index in [1.54, 1.807) is 18.2 Å². The standard InChI is InChI=1S/C23H25ClN2O4/c1-4-30-13-5-12-26-22(27)20(16-8-6-15(2)7-9-16)21(23(26)28)25-18-14-17(24)10-11-19(18)29-3/h6-11,14,25H,4-5,12-13H2,1-3H3. The molecule has 0 saturated heterocycles. The molecule has 1 aliphatic rings. The lowest BCUT2D eigenvalue weighted by atomic mass is 10.0. The van der Waals surface area contributed by atoms with Crippen molar-refractivity contribution in [2.24, 2.45) is 0 Å². The summed E-state index contributed by atoms with van der Waals surface area (Å²) < 4.78 is 10.7. The summed E-state index contributed by atoms with van der Waals surface area (Å²) in [5.74, 6) is -0.192. The monoisotopic (exact) mass is 428 g/mol. The molecule has 1 N–H and O–H groups in total. The lowest BCUT2D eigenvalue weighted by molar-refractivity contribution is -0.137. The van der Waals surface area contributed by atoms with Gasteiger partial charge in [0, 0.05) is 24.8 Å². The van der Waals surface area contributed by atoms with Crippen LogP contribution in [-0.2, 0) is 14.3 Å². The number of aryl methyl sites for hydroxylation is 1. The van der Waals surface area contributed by atoms with E-state index in [4.69, 9.17) is 21.1 Å². The number of ether oxygens (including phenoxy) is 2. The third-order valence-corrected chi connectivity index (χ3v) is 5.04. The van der Waals surface area contributed by atoms with Gasteiger partial charge in [0.25, 0.3) is 11.8 Å². The topological polar surface area (TPSA) is 67.9 Å². The highest BCUT2D eigenvalue weighted by Crippen LogP contribution is 2.34. The SMILES string of the molecule is CCOCCCN1C(=O)C(Nc2cc(Cl)ccc2OC)=C(c2ccc(C)cc2)C1=O. The van der Waals surface area contributed by atoms with E-state index in [0.29, 0.717) is 47.2 Å². The van der Waals surface area contributed by atoms with Crippen molar-refractivity contribution in [3.63, 3.8) is 0 Å². The highest BCUT2D eigenvalue weighted by Gasteiger charge is 2.39. The van der Waals surface area contributed by atoms with Gasteiger partial charge < -0.3 is 14.8 Å². The van der Waals surface area contributed by atoms with Crippen molar-refractivity contribution in [3.8, 4) is 5.75 Å². The molecule has 1 aliphatic heterocycles. The number of carbonyl (C=O) groups is 2. The second kappa shape index (κ2) is 9.78. The molecule has 2 aromatic carbocycles. The first-order valence-corrected chi connectivity index (χ1v) is 10.2. The first-order valence-electron chi connectivity index (χ1n) is 9.82. The van der Waals surface area contributed by atoms with E-state index in [-0.39, 0.29) is 24.1 Å². The molecular formula is C23H25ClN2O4. The predicted molar refractivity (Wildman–Crippen MR) is 118 cm³/mol. The molecule has 30 heavy (non-hydrogen) atoms. The van der Waals surface area contributed by atoms with Crippen LogP contribution in [0.1, 0.15) is 24.5 Å². The van der Waals surface area contributed by atoms with Crippen molar-refractivity contribution in [2.45, 2.75) is 20.3 Å². The average Bonchev–Trinajstić information content (AvgIpc) is 2.96. The Bertz CT molecular complexity index is 970. The van der Waals surface area contributed by atoms with Gasteiger partial charge in [0.05, 0.1) is 18.4 Å². The van der Waals surface area contributed by atoms with Crippen LogP contribution in [0.2, 0.25) is 5.02 Å². The van der Waals surface area contributed by atoms with Gasteiger partial charge >= 0.3 is 0 Å². The number of imide groups is 1. The number of rotatable bonds is 9. The minimum absolute atomic E-state index is 0.209. The Labute approximate surface area is 181 Å². The summed E-state index contributed by atoms with van der Waals surface area (Å²) in [6.45, 7) is 5.23. The maximum atomic E-state index is 13.2. The lowest BCUT2D eigenvalue weighted by Gasteiger charge is -2.16. The fraction of sp³-hybridized carbons (Fsp3) is 0.304. The Kier molecular flexibility index (Phi) is 7.13. The summed E-state index contributed by atoms with van der Waals surface area (Å²) >= 11 is 6.13.